The van der Waals surface area contributed by atoms with Crippen molar-refractivity contribution in [1.29, 1.82) is 0 Å². The zero-order chi connectivity index (χ0) is 14.5. The van der Waals surface area contributed by atoms with E-state index in [0.717, 1.165) is 27.2 Å². The molecule has 1 atom stereocenters. The van der Waals surface area contributed by atoms with Crippen LogP contribution in [0.1, 0.15) is 11.1 Å². The molecule has 2 aromatic rings. The maximum atomic E-state index is 6.22. The molecule has 20 heavy (non-hydrogen) atoms. The van der Waals surface area contributed by atoms with Crippen molar-refractivity contribution in [2.75, 3.05) is 5.75 Å². The fourth-order valence-electron chi connectivity index (χ4n) is 1.94. The van der Waals surface area contributed by atoms with Gasteiger partial charge in [-0.1, -0.05) is 51.8 Å². The first-order chi connectivity index (χ1) is 9.56. The van der Waals surface area contributed by atoms with E-state index in [0.29, 0.717) is 0 Å². The number of benzene rings is 2. The molecule has 0 saturated heterocycles. The molecule has 0 aliphatic carbocycles. The highest BCUT2D eigenvalue weighted by Gasteiger charge is 2.09. The van der Waals surface area contributed by atoms with Gasteiger partial charge in [-0.3, -0.25) is 0 Å². The largest absolute Gasteiger partial charge is 0.327 e. The number of hydrogen-bond acceptors (Lipinski definition) is 2. The number of aryl methyl sites for hydroxylation is 1. The van der Waals surface area contributed by atoms with Crippen LogP contribution in [-0.4, -0.2) is 11.8 Å². The van der Waals surface area contributed by atoms with Crippen molar-refractivity contribution in [3.05, 3.63) is 63.1 Å². The van der Waals surface area contributed by atoms with Crippen LogP contribution in [0, 0.1) is 6.92 Å². The molecular weight excluding hydrogens is 354 g/mol. The molecule has 1 nitrogen and oxygen atoms in total. The summed E-state index contributed by atoms with van der Waals surface area (Å²) in [5.74, 6) is 0.886. The van der Waals surface area contributed by atoms with Crippen molar-refractivity contribution < 1.29 is 0 Å². The molecule has 0 bridgehead atoms. The Morgan fingerprint density at radius 3 is 2.70 bits per heavy atom. The second-order valence-corrected chi connectivity index (χ2v) is 7.16. The Morgan fingerprint density at radius 1 is 1.25 bits per heavy atom. The number of rotatable bonds is 5. The Balaban J connectivity index is 1.92. The van der Waals surface area contributed by atoms with E-state index in [9.17, 15) is 0 Å². The molecule has 0 heterocycles. The number of halogens is 2. The minimum Gasteiger partial charge on any atom is -0.327 e. The summed E-state index contributed by atoms with van der Waals surface area (Å²) in [4.78, 5) is 1.30. The summed E-state index contributed by atoms with van der Waals surface area (Å²) in [5.41, 5.74) is 8.62. The highest BCUT2D eigenvalue weighted by Crippen LogP contribution is 2.25. The highest BCUT2D eigenvalue weighted by atomic mass is 79.9. The molecule has 2 N–H and O–H groups in total. The van der Waals surface area contributed by atoms with Gasteiger partial charge in [-0.25, -0.2) is 0 Å². The van der Waals surface area contributed by atoms with Crippen molar-refractivity contribution in [2.45, 2.75) is 24.3 Å². The Labute approximate surface area is 138 Å². The molecule has 0 spiro atoms. The van der Waals surface area contributed by atoms with Crippen molar-refractivity contribution in [3.8, 4) is 0 Å². The summed E-state index contributed by atoms with van der Waals surface area (Å²) in [6, 6.07) is 14.4. The SMILES string of the molecule is Cc1ccccc1SCC(N)Cc1ccc(Br)cc1Cl. The second kappa shape index (κ2) is 7.51. The summed E-state index contributed by atoms with van der Waals surface area (Å²) in [5, 5.41) is 0.774. The quantitative estimate of drug-likeness (QED) is 0.743. The van der Waals surface area contributed by atoms with Gasteiger partial charge in [-0.2, -0.15) is 0 Å². The second-order valence-electron chi connectivity index (χ2n) is 4.78. The van der Waals surface area contributed by atoms with Crippen molar-refractivity contribution in [3.63, 3.8) is 0 Å². The zero-order valence-corrected chi connectivity index (χ0v) is 14.4. The Hall–Kier alpha value is -0.480. The van der Waals surface area contributed by atoms with E-state index in [1.807, 2.05) is 18.2 Å². The number of nitrogens with two attached hydrogens (primary N) is 1. The summed E-state index contributed by atoms with van der Waals surface area (Å²) >= 11 is 11.4. The van der Waals surface area contributed by atoms with E-state index in [4.69, 9.17) is 17.3 Å². The van der Waals surface area contributed by atoms with Gasteiger partial charge in [0.1, 0.15) is 0 Å². The molecule has 0 saturated carbocycles. The fraction of sp³-hybridized carbons (Fsp3) is 0.250. The van der Waals surface area contributed by atoms with E-state index in [1.165, 1.54) is 10.5 Å². The fourth-order valence-corrected chi connectivity index (χ4v) is 3.68. The molecule has 0 fully saturated rings. The van der Waals surface area contributed by atoms with Crippen LogP contribution < -0.4 is 5.73 Å². The van der Waals surface area contributed by atoms with Crippen LogP contribution in [0.15, 0.2) is 51.8 Å². The van der Waals surface area contributed by atoms with Gasteiger partial charge in [0.2, 0.25) is 0 Å². The summed E-state index contributed by atoms with van der Waals surface area (Å²) in [6.07, 6.45) is 0.797. The van der Waals surface area contributed by atoms with Crippen LogP contribution in [0.4, 0.5) is 0 Å². The van der Waals surface area contributed by atoms with Crippen LogP contribution in [0.5, 0.6) is 0 Å². The molecular formula is C16H17BrClNS. The van der Waals surface area contributed by atoms with Crippen LogP contribution in [0.3, 0.4) is 0 Å². The third-order valence-electron chi connectivity index (χ3n) is 3.04. The molecule has 0 aliphatic rings. The first-order valence-corrected chi connectivity index (χ1v) is 8.60. The first kappa shape index (κ1) is 15.9. The topological polar surface area (TPSA) is 26.0 Å². The van der Waals surface area contributed by atoms with Crippen LogP contribution >= 0.6 is 39.3 Å². The zero-order valence-electron chi connectivity index (χ0n) is 11.3. The number of hydrogen-bond donors (Lipinski definition) is 1. The van der Waals surface area contributed by atoms with E-state index >= 15 is 0 Å². The smallest absolute Gasteiger partial charge is 0.0449 e. The monoisotopic (exact) mass is 369 g/mol. The normalized spacial score (nSPS) is 12.4. The lowest BCUT2D eigenvalue weighted by atomic mass is 10.1. The Morgan fingerprint density at radius 2 is 2.00 bits per heavy atom. The first-order valence-electron chi connectivity index (χ1n) is 6.44. The van der Waals surface area contributed by atoms with Crippen LogP contribution in [0.25, 0.3) is 0 Å². The predicted octanol–water partition coefficient (Wildman–Crippen LogP) is 5.07. The summed E-state index contributed by atoms with van der Waals surface area (Å²) < 4.78 is 0.995. The van der Waals surface area contributed by atoms with Gasteiger partial charge < -0.3 is 5.73 Å². The predicted molar refractivity (Wildman–Crippen MR) is 92.7 cm³/mol. The third-order valence-corrected chi connectivity index (χ3v) is 5.25. The van der Waals surface area contributed by atoms with Gasteiger partial charge in [0.05, 0.1) is 0 Å². The molecule has 2 rings (SSSR count). The molecule has 0 aromatic heterocycles. The van der Waals surface area contributed by atoms with Gasteiger partial charge in [0, 0.05) is 26.2 Å². The van der Waals surface area contributed by atoms with Crippen molar-refractivity contribution in [1.82, 2.24) is 0 Å². The van der Waals surface area contributed by atoms with Gasteiger partial charge in [0.25, 0.3) is 0 Å². The Kier molecular flexibility index (Phi) is 5.97. The molecule has 0 amide bonds. The molecule has 2 aromatic carbocycles. The van der Waals surface area contributed by atoms with Gasteiger partial charge in [-0.05, 0) is 42.7 Å². The summed E-state index contributed by atoms with van der Waals surface area (Å²) in [7, 11) is 0. The molecule has 0 radical (unpaired) electrons. The Bertz CT molecular complexity index is 588. The van der Waals surface area contributed by atoms with Crippen molar-refractivity contribution in [2.24, 2.45) is 5.73 Å². The van der Waals surface area contributed by atoms with Gasteiger partial charge in [-0.15, -0.1) is 11.8 Å². The lowest BCUT2D eigenvalue weighted by Crippen LogP contribution is -2.25. The maximum Gasteiger partial charge on any atom is 0.0449 e. The van der Waals surface area contributed by atoms with E-state index in [1.54, 1.807) is 11.8 Å². The lowest BCUT2D eigenvalue weighted by molar-refractivity contribution is 0.748. The van der Waals surface area contributed by atoms with E-state index < -0.39 is 0 Å². The molecule has 1 unspecified atom stereocenters. The number of thioether (sulfide) groups is 1. The molecule has 0 aliphatic heterocycles. The highest BCUT2D eigenvalue weighted by molar-refractivity contribution is 9.10. The minimum absolute atomic E-state index is 0.0956. The van der Waals surface area contributed by atoms with E-state index in [-0.39, 0.29) is 6.04 Å². The average Bonchev–Trinajstić information content (AvgIpc) is 2.41. The average molecular weight is 371 g/mol. The summed E-state index contributed by atoms with van der Waals surface area (Å²) in [6.45, 7) is 2.12. The minimum atomic E-state index is 0.0956. The molecule has 4 heteroatoms. The van der Waals surface area contributed by atoms with Crippen LogP contribution in [-0.2, 0) is 6.42 Å². The van der Waals surface area contributed by atoms with Gasteiger partial charge >= 0.3 is 0 Å². The van der Waals surface area contributed by atoms with Crippen LogP contribution in [0.2, 0.25) is 5.02 Å². The third kappa shape index (κ3) is 4.52. The standard InChI is InChI=1S/C16H17BrClNS/c1-11-4-2-3-5-16(11)20-10-14(19)8-12-6-7-13(17)9-15(12)18/h2-7,9,14H,8,10,19H2,1H3. The van der Waals surface area contributed by atoms with Crippen molar-refractivity contribution >= 4 is 39.3 Å². The lowest BCUT2D eigenvalue weighted by Gasteiger charge is -2.13. The molecule has 106 valence electrons. The maximum absolute atomic E-state index is 6.22. The van der Waals surface area contributed by atoms with E-state index in [2.05, 4.69) is 47.1 Å². The van der Waals surface area contributed by atoms with Gasteiger partial charge in [0.15, 0.2) is 0 Å².